The summed E-state index contributed by atoms with van der Waals surface area (Å²) in [5.41, 5.74) is 0.257. The zero-order valence-corrected chi connectivity index (χ0v) is 13.6. The largest absolute Gasteiger partial charge is 0.349 e. The second-order valence-corrected chi connectivity index (χ2v) is 5.17. The van der Waals surface area contributed by atoms with E-state index in [-0.39, 0.29) is 22.5 Å². The molecule has 2 N–H and O–H groups in total. The highest BCUT2D eigenvalue weighted by atomic mass is 19.1. The first-order valence-corrected chi connectivity index (χ1v) is 7.37. The van der Waals surface area contributed by atoms with Gasteiger partial charge in [0.15, 0.2) is 0 Å². The van der Waals surface area contributed by atoms with Gasteiger partial charge in [-0.2, -0.15) is 5.26 Å². The molecule has 0 atom stereocenters. The van der Waals surface area contributed by atoms with E-state index in [1.807, 2.05) is 0 Å². The molecule has 0 saturated heterocycles. The number of nitrogens with zero attached hydrogens (tertiary/aromatic N) is 2. The van der Waals surface area contributed by atoms with Crippen molar-refractivity contribution in [3.8, 4) is 6.07 Å². The maximum atomic E-state index is 13.3. The molecule has 0 aliphatic rings. The summed E-state index contributed by atoms with van der Waals surface area (Å²) in [7, 11) is 1.54. The van der Waals surface area contributed by atoms with Crippen LogP contribution in [0.1, 0.15) is 33.3 Å². The highest BCUT2D eigenvalue weighted by molar-refractivity contribution is 6.42. The quantitative estimate of drug-likeness (QED) is 0.636. The van der Waals surface area contributed by atoms with E-state index in [1.54, 1.807) is 13.0 Å². The van der Waals surface area contributed by atoms with Crippen molar-refractivity contribution >= 4 is 23.3 Å². The minimum atomic E-state index is -0.757. The molecule has 2 amide bonds. The second kappa shape index (κ2) is 7.40. The first kappa shape index (κ1) is 17.9. The zero-order valence-electron chi connectivity index (χ0n) is 13.6. The Hall–Kier alpha value is -3.47. The fourth-order valence-corrected chi connectivity index (χ4v) is 2.16. The Morgan fingerprint density at radius 3 is 2.64 bits per heavy atom. The van der Waals surface area contributed by atoms with Crippen molar-refractivity contribution in [3.63, 3.8) is 0 Å². The van der Waals surface area contributed by atoms with Crippen LogP contribution in [0.25, 0.3) is 0 Å². The molecule has 0 spiro atoms. The third kappa shape index (κ3) is 3.90. The number of hydrogen-bond donors (Lipinski definition) is 2. The highest BCUT2D eigenvalue weighted by Crippen LogP contribution is 2.16. The number of Topliss-reactive ketones (excluding diaryl/α,β-unsaturated/α-hetero) is 1. The summed E-state index contributed by atoms with van der Waals surface area (Å²) >= 11 is 0. The van der Waals surface area contributed by atoms with Crippen molar-refractivity contribution in [1.82, 2.24) is 9.88 Å². The van der Waals surface area contributed by atoms with Gasteiger partial charge in [-0.05, 0) is 31.2 Å². The number of likely N-dealkylation sites (N-methyl/N-ethyl adjacent to an activating group) is 1. The average Bonchev–Trinajstić information content (AvgIpc) is 2.98. The predicted octanol–water partition coefficient (Wildman–Crippen LogP) is 1.61. The minimum absolute atomic E-state index is 0.0629. The molecule has 1 aromatic heterocycles. The number of anilines is 1. The van der Waals surface area contributed by atoms with Crippen LogP contribution in [0.3, 0.4) is 0 Å². The van der Waals surface area contributed by atoms with Gasteiger partial charge in [0, 0.05) is 25.5 Å². The van der Waals surface area contributed by atoms with E-state index in [2.05, 4.69) is 10.6 Å². The number of hydrogen-bond acceptors (Lipinski definition) is 4. The number of benzene rings is 1. The molecule has 1 aromatic carbocycles. The van der Waals surface area contributed by atoms with Crippen LogP contribution in [-0.2, 0) is 11.8 Å². The number of carbonyl (C=O) groups excluding carboxylic acids is 3. The van der Waals surface area contributed by atoms with Gasteiger partial charge >= 0.3 is 0 Å². The molecule has 1 heterocycles. The lowest BCUT2D eigenvalue weighted by atomic mass is 10.2. The van der Waals surface area contributed by atoms with E-state index < -0.39 is 23.4 Å². The molecule has 0 fully saturated rings. The monoisotopic (exact) mass is 342 g/mol. The first-order valence-electron chi connectivity index (χ1n) is 7.37. The van der Waals surface area contributed by atoms with E-state index in [1.165, 1.54) is 36.0 Å². The van der Waals surface area contributed by atoms with Crippen molar-refractivity contribution in [2.45, 2.75) is 6.92 Å². The standard InChI is InChI=1S/C17H15FN4O3/c1-3-20-17(25)15(23)14-7-11(9-22(14)2)16(24)21-12-4-5-13(18)10(6-12)8-19/h4-7,9H,3H2,1-2H3,(H,20,25)(H,21,24). The van der Waals surface area contributed by atoms with Crippen LogP contribution in [0, 0.1) is 17.1 Å². The van der Waals surface area contributed by atoms with Crippen LogP contribution in [0.15, 0.2) is 30.5 Å². The van der Waals surface area contributed by atoms with Gasteiger partial charge in [0.2, 0.25) is 0 Å². The molecule has 8 heteroatoms. The molecule has 2 aromatic rings. The molecular formula is C17H15FN4O3. The van der Waals surface area contributed by atoms with Crippen molar-refractivity contribution in [2.75, 3.05) is 11.9 Å². The molecule has 2 rings (SSSR count). The SMILES string of the molecule is CCNC(=O)C(=O)c1cc(C(=O)Nc2ccc(F)c(C#N)c2)cn1C. The number of ketones is 1. The number of carbonyl (C=O) groups is 3. The number of rotatable bonds is 5. The van der Waals surface area contributed by atoms with Crippen LogP contribution in [0.5, 0.6) is 0 Å². The molecule has 0 aliphatic heterocycles. The van der Waals surface area contributed by atoms with Gasteiger partial charge in [-0.3, -0.25) is 14.4 Å². The molecule has 0 saturated carbocycles. The van der Waals surface area contributed by atoms with Gasteiger partial charge < -0.3 is 15.2 Å². The molecule has 0 radical (unpaired) electrons. The van der Waals surface area contributed by atoms with Crippen LogP contribution in [-0.4, -0.2) is 28.7 Å². The molecule has 0 aliphatic carbocycles. The number of nitrogens with one attached hydrogen (secondary N) is 2. The summed E-state index contributed by atoms with van der Waals surface area (Å²) in [6.45, 7) is 2.00. The third-order valence-electron chi connectivity index (χ3n) is 3.39. The molecule has 0 unspecified atom stereocenters. The van der Waals surface area contributed by atoms with Crippen molar-refractivity contribution in [1.29, 1.82) is 5.26 Å². The summed E-state index contributed by atoms with van der Waals surface area (Å²) in [4.78, 5) is 35.9. The van der Waals surface area contributed by atoms with E-state index in [0.29, 0.717) is 6.54 Å². The topological polar surface area (TPSA) is 104 Å². The maximum Gasteiger partial charge on any atom is 0.293 e. The van der Waals surface area contributed by atoms with Gasteiger partial charge in [0.1, 0.15) is 11.9 Å². The Morgan fingerprint density at radius 2 is 2.00 bits per heavy atom. The smallest absolute Gasteiger partial charge is 0.293 e. The van der Waals surface area contributed by atoms with Crippen molar-refractivity contribution < 1.29 is 18.8 Å². The number of nitriles is 1. The zero-order chi connectivity index (χ0) is 18.6. The maximum absolute atomic E-state index is 13.3. The number of aromatic nitrogens is 1. The van der Waals surface area contributed by atoms with E-state index >= 15 is 0 Å². The Bertz CT molecular complexity index is 896. The Morgan fingerprint density at radius 1 is 1.28 bits per heavy atom. The summed E-state index contributed by atoms with van der Waals surface area (Å²) in [6, 6.07) is 6.57. The van der Waals surface area contributed by atoms with Crippen molar-refractivity contribution in [2.24, 2.45) is 7.05 Å². The van der Waals surface area contributed by atoms with E-state index in [4.69, 9.17) is 5.26 Å². The third-order valence-corrected chi connectivity index (χ3v) is 3.39. The predicted molar refractivity (Wildman–Crippen MR) is 87.5 cm³/mol. The van der Waals surface area contributed by atoms with E-state index in [0.717, 1.165) is 6.07 Å². The number of halogens is 1. The van der Waals surface area contributed by atoms with Crippen LogP contribution in [0.4, 0.5) is 10.1 Å². The lowest BCUT2D eigenvalue weighted by Crippen LogP contribution is -2.31. The van der Waals surface area contributed by atoms with Gasteiger partial charge in [0.05, 0.1) is 16.8 Å². The van der Waals surface area contributed by atoms with Crippen LogP contribution < -0.4 is 10.6 Å². The highest BCUT2D eigenvalue weighted by Gasteiger charge is 2.21. The molecule has 25 heavy (non-hydrogen) atoms. The van der Waals surface area contributed by atoms with Crippen LogP contribution in [0.2, 0.25) is 0 Å². The summed E-state index contributed by atoms with van der Waals surface area (Å²) in [5, 5.41) is 13.7. The minimum Gasteiger partial charge on any atom is -0.349 e. The molecule has 0 bridgehead atoms. The number of aryl methyl sites for hydroxylation is 1. The molecular weight excluding hydrogens is 327 g/mol. The van der Waals surface area contributed by atoms with E-state index in [9.17, 15) is 18.8 Å². The molecule has 7 nitrogen and oxygen atoms in total. The molecule has 128 valence electrons. The van der Waals surface area contributed by atoms with Crippen molar-refractivity contribution in [3.05, 3.63) is 53.1 Å². The van der Waals surface area contributed by atoms with Gasteiger partial charge in [-0.15, -0.1) is 0 Å². The van der Waals surface area contributed by atoms with Gasteiger partial charge in [-0.1, -0.05) is 0 Å². The summed E-state index contributed by atoms with van der Waals surface area (Å²) in [6.07, 6.45) is 1.40. The normalized spacial score (nSPS) is 10.0. The Kier molecular flexibility index (Phi) is 5.29. The lowest BCUT2D eigenvalue weighted by molar-refractivity contribution is -0.116. The second-order valence-electron chi connectivity index (χ2n) is 5.17. The summed E-state index contributed by atoms with van der Waals surface area (Å²) < 4.78 is 14.7. The fourth-order valence-electron chi connectivity index (χ4n) is 2.16. The number of amides is 2. The van der Waals surface area contributed by atoms with Gasteiger partial charge in [-0.25, -0.2) is 4.39 Å². The first-order chi connectivity index (χ1) is 11.9. The van der Waals surface area contributed by atoms with Gasteiger partial charge in [0.25, 0.3) is 17.6 Å². The fraction of sp³-hybridized carbons (Fsp3) is 0.176. The van der Waals surface area contributed by atoms with Crippen LogP contribution >= 0.6 is 0 Å². The lowest BCUT2D eigenvalue weighted by Gasteiger charge is -2.04. The summed E-state index contributed by atoms with van der Waals surface area (Å²) in [5.74, 6) is -2.75. The average molecular weight is 342 g/mol. The Balaban J connectivity index is 2.21. The Labute approximate surface area is 143 Å².